The van der Waals surface area contributed by atoms with Crippen LogP contribution < -0.4 is 15.5 Å². The predicted octanol–water partition coefficient (Wildman–Crippen LogP) is 2.83. The van der Waals surface area contributed by atoms with Crippen molar-refractivity contribution in [3.8, 4) is 0 Å². The van der Waals surface area contributed by atoms with Gasteiger partial charge in [-0.1, -0.05) is 35.4 Å². The number of nitrogens with zero attached hydrogens (tertiary/aromatic N) is 2. The number of rotatable bonds is 6. The Balaban J connectivity index is 1.59. The third-order valence-corrected chi connectivity index (χ3v) is 5.45. The number of hydrogen-bond acceptors (Lipinski definition) is 4. The number of carbonyl (C=O) groups excluding carboxylic acids is 4. The second-order valence-electron chi connectivity index (χ2n) is 8.19. The number of nitrogens with one attached hydrogen (secondary N) is 2. The van der Waals surface area contributed by atoms with Crippen LogP contribution in [0.1, 0.15) is 29.2 Å². The Bertz CT molecular complexity index is 1050. The number of carbonyl (C=O) groups is 4. The highest BCUT2D eigenvalue weighted by Gasteiger charge is 2.44. The van der Waals surface area contributed by atoms with Crippen molar-refractivity contribution in [3.63, 3.8) is 0 Å². The van der Waals surface area contributed by atoms with Crippen LogP contribution in [0, 0.1) is 27.7 Å². The van der Waals surface area contributed by atoms with Crippen LogP contribution in [0.4, 0.5) is 16.2 Å². The predicted molar refractivity (Wildman–Crippen MR) is 123 cm³/mol. The molecule has 1 unspecified atom stereocenters. The molecule has 5 amide bonds. The van der Waals surface area contributed by atoms with Crippen LogP contribution in [-0.4, -0.2) is 47.8 Å². The molecule has 0 aliphatic carbocycles. The van der Waals surface area contributed by atoms with Crippen molar-refractivity contribution >= 4 is 35.1 Å². The van der Waals surface area contributed by atoms with E-state index in [1.54, 1.807) is 19.1 Å². The van der Waals surface area contributed by atoms with Gasteiger partial charge in [-0.25, -0.2) is 4.79 Å². The Hall–Kier alpha value is -3.68. The summed E-state index contributed by atoms with van der Waals surface area (Å²) in [5.74, 6) is -1.43. The minimum atomic E-state index is -0.714. The summed E-state index contributed by atoms with van der Waals surface area (Å²) in [6.07, 6.45) is 0. The Morgan fingerprint density at radius 3 is 2.09 bits per heavy atom. The molecule has 1 heterocycles. The van der Waals surface area contributed by atoms with Gasteiger partial charge in [0, 0.05) is 11.4 Å². The quantitative estimate of drug-likeness (QED) is 0.680. The summed E-state index contributed by atoms with van der Waals surface area (Å²) in [6, 6.07) is 9.89. The third-order valence-electron chi connectivity index (χ3n) is 5.45. The summed E-state index contributed by atoms with van der Waals surface area (Å²) in [4.78, 5) is 52.3. The van der Waals surface area contributed by atoms with Crippen molar-refractivity contribution in [3.05, 3.63) is 58.7 Å². The van der Waals surface area contributed by atoms with Gasteiger partial charge in [0.15, 0.2) is 0 Å². The highest BCUT2D eigenvalue weighted by Crippen LogP contribution is 2.26. The van der Waals surface area contributed by atoms with Crippen molar-refractivity contribution in [1.29, 1.82) is 0 Å². The molecule has 0 bridgehead atoms. The summed E-state index contributed by atoms with van der Waals surface area (Å²) in [5, 5.41) is 5.29. The van der Waals surface area contributed by atoms with Crippen LogP contribution in [0.5, 0.6) is 0 Å². The SMILES string of the molecule is Cc1ccc(N2C(=O)N(CC(=O)NCC(=O)Nc3c(C)cc(C)cc3C)C(=O)C2C)cc1. The molecule has 32 heavy (non-hydrogen) atoms. The van der Waals surface area contributed by atoms with Crippen molar-refractivity contribution in [1.82, 2.24) is 10.2 Å². The second-order valence-corrected chi connectivity index (χ2v) is 8.19. The fraction of sp³-hybridized carbons (Fsp3) is 0.333. The maximum Gasteiger partial charge on any atom is 0.332 e. The molecule has 8 heteroatoms. The van der Waals surface area contributed by atoms with Crippen molar-refractivity contribution in [2.45, 2.75) is 40.7 Å². The smallest absolute Gasteiger partial charge is 0.332 e. The lowest BCUT2D eigenvalue weighted by Gasteiger charge is -2.19. The fourth-order valence-electron chi connectivity index (χ4n) is 3.85. The number of imide groups is 1. The van der Waals surface area contributed by atoms with Gasteiger partial charge in [0.05, 0.1) is 6.54 Å². The Morgan fingerprint density at radius 1 is 0.906 bits per heavy atom. The average molecular weight is 437 g/mol. The van der Waals surface area contributed by atoms with E-state index in [1.165, 1.54) is 4.90 Å². The topological polar surface area (TPSA) is 98.8 Å². The molecule has 168 valence electrons. The largest absolute Gasteiger partial charge is 0.345 e. The maximum atomic E-state index is 12.8. The molecule has 1 fully saturated rings. The molecule has 1 saturated heterocycles. The van der Waals surface area contributed by atoms with Gasteiger partial charge in [-0.05, 0) is 57.9 Å². The van der Waals surface area contributed by atoms with E-state index in [2.05, 4.69) is 10.6 Å². The molecule has 1 aliphatic rings. The number of anilines is 2. The van der Waals surface area contributed by atoms with E-state index >= 15 is 0 Å². The summed E-state index contributed by atoms with van der Waals surface area (Å²) in [7, 11) is 0. The van der Waals surface area contributed by atoms with Gasteiger partial charge in [-0.2, -0.15) is 0 Å². The third kappa shape index (κ3) is 4.80. The average Bonchev–Trinajstić information content (AvgIpc) is 2.93. The summed E-state index contributed by atoms with van der Waals surface area (Å²) in [5.41, 5.74) is 5.29. The molecular formula is C24H28N4O4. The Labute approximate surface area is 187 Å². The van der Waals surface area contributed by atoms with E-state index < -0.39 is 30.4 Å². The summed E-state index contributed by atoms with van der Waals surface area (Å²) < 4.78 is 0. The molecule has 0 aromatic heterocycles. The van der Waals surface area contributed by atoms with E-state index in [9.17, 15) is 19.2 Å². The number of hydrogen-bond donors (Lipinski definition) is 2. The van der Waals surface area contributed by atoms with Crippen LogP contribution in [-0.2, 0) is 14.4 Å². The summed E-state index contributed by atoms with van der Waals surface area (Å²) >= 11 is 0. The van der Waals surface area contributed by atoms with Crippen LogP contribution in [0.25, 0.3) is 0 Å². The van der Waals surface area contributed by atoms with Gasteiger partial charge in [0.25, 0.3) is 5.91 Å². The minimum Gasteiger partial charge on any atom is -0.345 e. The van der Waals surface area contributed by atoms with Crippen molar-refractivity contribution < 1.29 is 19.2 Å². The molecule has 2 aromatic rings. The van der Waals surface area contributed by atoms with Crippen molar-refractivity contribution in [2.75, 3.05) is 23.3 Å². The molecule has 8 nitrogen and oxygen atoms in total. The molecular weight excluding hydrogens is 408 g/mol. The normalized spacial score (nSPS) is 15.8. The Kier molecular flexibility index (Phi) is 6.62. The number of amides is 5. The van der Waals surface area contributed by atoms with Gasteiger partial charge in [0.2, 0.25) is 11.8 Å². The first-order chi connectivity index (χ1) is 15.1. The van der Waals surface area contributed by atoms with Crippen molar-refractivity contribution in [2.24, 2.45) is 0 Å². The monoisotopic (exact) mass is 436 g/mol. The molecule has 1 aliphatic heterocycles. The standard InChI is InChI=1S/C24H28N4O4/c1-14-6-8-19(9-7-14)28-18(5)23(31)27(24(28)32)13-21(30)25-12-20(29)26-22-16(3)10-15(2)11-17(22)4/h6-11,18H,12-13H2,1-5H3,(H,25,30)(H,26,29). The van der Waals surface area contributed by atoms with Gasteiger partial charge in [-0.3, -0.25) is 24.2 Å². The zero-order valence-electron chi connectivity index (χ0n) is 19.0. The lowest BCUT2D eigenvalue weighted by atomic mass is 10.1. The summed E-state index contributed by atoms with van der Waals surface area (Å²) in [6.45, 7) is 8.63. The Morgan fingerprint density at radius 2 is 1.50 bits per heavy atom. The lowest BCUT2D eigenvalue weighted by molar-refractivity contribution is -0.132. The molecule has 1 atom stereocenters. The molecule has 2 N–H and O–H groups in total. The molecule has 3 rings (SSSR count). The van der Waals surface area contributed by atoms with Crippen LogP contribution >= 0.6 is 0 Å². The molecule has 0 saturated carbocycles. The zero-order chi connectivity index (χ0) is 23.6. The van der Waals surface area contributed by atoms with Crippen LogP contribution in [0.15, 0.2) is 36.4 Å². The lowest BCUT2D eigenvalue weighted by Crippen LogP contribution is -2.43. The molecule has 2 aromatic carbocycles. The van der Waals surface area contributed by atoms with Gasteiger partial charge in [0.1, 0.15) is 12.6 Å². The number of aryl methyl sites for hydroxylation is 4. The van der Waals surface area contributed by atoms with E-state index in [0.29, 0.717) is 11.4 Å². The van der Waals surface area contributed by atoms with E-state index in [1.807, 2.05) is 52.0 Å². The highest BCUT2D eigenvalue weighted by atomic mass is 16.2. The maximum absolute atomic E-state index is 12.8. The van der Waals surface area contributed by atoms with E-state index in [-0.39, 0.29) is 12.5 Å². The first-order valence-corrected chi connectivity index (χ1v) is 10.4. The number of urea groups is 1. The van der Waals surface area contributed by atoms with Gasteiger partial charge >= 0.3 is 6.03 Å². The first kappa shape index (κ1) is 23.0. The van der Waals surface area contributed by atoms with Crippen LogP contribution in [0.2, 0.25) is 0 Å². The second kappa shape index (κ2) is 9.21. The van der Waals surface area contributed by atoms with E-state index in [4.69, 9.17) is 0 Å². The first-order valence-electron chi connectivity index (χ1n) is 10.4. The molecule has 0 spiro atoms. The number of benzene rings is 2. The fourth-order valence-corrected chi connectivity index (χ4v) is 3.85. The van der Waals surface area contributed by atoms with E-state index in [0.717, 1.165) is 27.2 Å². The zero-order valence-corrected chi connectivity index (χ0v) is 19.0. The minimum absolute atomic E-state index is 0.265. The molecule has 0 radical (unpaired) electrons. The van der Waals surface area contributed by atoms with Gasteiger partial charge in [-0.15, -0.1) is 0 Å². The van der Waals surface area contributed by atoms with Gasteiger partial charge < -0.3 is 10.6 Å². The van der Waals surface area contributed by atoms with Crippen LogP contribution in [0.3, 0.4) is 0 Å². The highest BCUT2D eigenvalue weighted by molar-refractivity contribution is 6.15.